The first-order valence-corrected chi connectivity index (χ1v) is 15.1. The van der Waals surface area contributed by atoms with Crippen LogP contribution in [0.15, 0.2) is 35.7 Å². The number of nitrogens with zero attached hydrogens (tertiary/aromatic N) is 6. The summed E-state index contributed by atoms with van der Waals surface area (Å²) < 4.78 is 32.7. The molecule has 3 aromatic heterocycles. The Bertz CT molecular complexity index is 1720. The van der Waals surface area contributed by atoms with Crippen LogP contribution in [0.1, 0.15) is 55.4 Å². The van der Waals surface area contributed by atoms with E-state index in [0.29, 0.717) is 48.1 Å². The van der Waals surface area contributed by atoms with E-state index in [9.17, 15) is 13.2 Å². The van der Waals surface area contributed by atoms with Crippen LogP contribution >= 0.6 is 0 Å². The number of benzene rings is 1. The first kappa shape index (κ1) is 29.2. The highest BCUT2D eigenvalue weighted by molar-refractivity contribution is 7.92. The fourth-order valence-electron chi connectivity index (χ4n) is 4.67. The minimum atomic E-state index is -3.79. The second kappa shape index (κ2) is 11.2. The number of sulfone groups is 1. The van der Waals surface area contributed by atoms with E-state index in [-0.39, 0.29) is 22.3 Å². The van der Waals surface area contributed by atoms with Gasteiger partial charge in [0.25, 0.3) is 0 Å². The highest BCUT2D eigenvalue weighted by Gasteiger charge is 2.35. The SMILES string of the molecule is Cc1[nH]nc(Nc2ncnc3cc(OCC4CCN(c5cnc(C(=O)O)cn5)CC4)c(S(=O)(=O)C(C)(C)C)cc23)c1C. The molecule has 1 aromatic carbocycles. The number of H-pyrrole nitrogens is 1. The van der Waals surface area contributed by atoms with E-state index in [4.69, 9.17) is 9.84 Å². The number of nitrogens with one attached hydrogen (secondary N) is 2. The second-order valence-electron chi connectivity index (χ2n) is 11.4. The molecule has 4 heterocycles. The molecular weight excluding hydrogens is 560 g/mol. The van der Waals surface area contributed by atoms with E-state index in [1.165, 1.54) is 18.7 Å². The van der Waals surface area contributed by atoms with Gasteiger partial charge in [-0.15, -0.1) is 0 Å². The van der Waals surface area contributed by atoms with E-state index in [1.54, 1.807) is 32.9 Å². The van der Waals surface area contributed by atoms with E-state index in [2.05, 4.69) is 40.3 Å². The maximum absolute atomic E-state index is 13.7. The van der Waals surface area contributed by atoms with Crippen molar-refractivity contribution in [1.82, 2.24) is 30.1 Å². The van der Waals surface area contributed by atoms with Crippen molar-refractivity contribution in [2.45, 2.75) is 57.1 Å². The topological polar surface area (TPSA) is 176 Å². The van der Waals surface area contributed by atoms with E-state index < -0.39 is 20.6 Å². The van der Waals surface area contributed by atoms with E-state index in [0.717, 1.165) is 24.1 Å². The van der Waals surface area contributed by atoms with E-state index >= 15 is 0 Å². The van der Waals surface area contributed by atoms with Crippen molar-refractivity contribution in [2.24, 2.45) is 5.92 Å². The van der Waals surface area contributed by atoms with Crippen molar-refractivity contribution >= 4 is 44.2 Å². The molecule has 0 aliphatic carbocycles. The van der Waals surface area contributed by atoms with Gasteiger partial charge in [0.15, 0.2) is 21.3 Å². The lowest BCUT2D eigenvalue weighted by atomic mass is 9.98. The van der Waals surface area contributed by atoms with Gasteiger partial charge in [-0.2, -0.15) is 5.10 Å². The van der Waals surface area contributed by atoms with Gasteiger partial charge in [0.1, 0.15) is 28.6 Å². The number of anilines is 3. The van der Waals surface area contributed by atoms with Crippen molar-refractivity contribution in [2.75, 3.05) is 29.9 Å². The molecule has 1 saturated heterocycles. The standard InChI is InChI=1S/C28H34N8O5S/c1-16-17(2)34-35-25(16)33-26-19-10-23(42(39,40)28(3,4)5)22(11-20(19)31-15-32-26)41-14-18-6-8-36(9-7-18)24-13-29-21(12-30-24)27(37)38/h10-13,15,18H,6-9,14H2,1-5H3,(H,37,38)(H2,31,32,33,34,35). The fourth-order valence-corrected chi connectivity index (χ4v) is 5.98. The number of aryl methyl sites for hydroxylation is 1. The maximum Gasteiger partial charge on any atom is 0.356 e. The lowest BCUT2D eigenvalue weighted by Crippen LogP contribution is -2.36. The molecule has 14 heteroatoms. The van der Waals surface area contributed by atoms with Gasteiger partial charge in [-0.05, 0) is 59.4 Å². The Balaban J connectivity index is 1.38. The van der Waals surface area contributed by atoms with Crippen LogP contribution in [0, 0.1) is 19.8 Å². The molecule has 0 spiro atoms. The number of aromatic amines is 1. The Kier molecular flexibility index (Phi) is 7.75. The molecule has 42 heavy (non-hydrogen) atoms. The van der Waals surface area contributed by atoms with Crippen molar-refractivity contribution < 1.29 is 23.1 Å². The molecule has 4 aromatic rings. The van der Waals surface area contributed by atoms with Crippen molar-refractivity contribution in [3.05, 3.63) is 47.8 Å². The molecule has 0 unspecified atom stereocenters. The average Bonchev–Trinajstić information content (AvgIpc) is 3.27. The third kappa shape index (κ3) is 5.71. The van der Waals surface area contributed by atoms with Gasteiger partial charge in [-0.25, -0.2) is 33.1 Å². The zero-order valence-corrected chi connectivity index (χ0v) is 25.0. The minimum Gasteiger partial charge on any atom is -0.492 e. The van der Waals surface area contributed by atoms with Crippen molar-refractivity contribution in [3.8, 4) is 5.75 Å². The van der Waals surface area contributed by atoms with Crippen LogP contribution in [0.2, 0.25) is 0 Å². The number of carbonyl (C=O) groups is 1. The molecule has 0 radical (unpaired) electrons. The summed E-state index contributed by atoms with van der Waals surface area (Å²) in [7, 11) is -3.79. The molecule has 222 valence electrons. The van der Waals surface area contributed by atoms with Gasteiger partial charge in [0, 0.05) is 35.8 Å². The van der Waals surface area contributed by atoms with Gasteiger partial charge < -0.3 is 20.1 Å². The zero-order valence-electron chi connectivity index (χ0n) is 24.2. The molecule has 3 N–H and O–H groups in total. The van der Waals surface area contributed by atoms with Gasteiger partial charge in [0.2, 0.25) is 0 Å². The normalized spacial score (nSPS) is 14.7. The number of carboxylic acid groups (broad SMARTS) is 1. The molecule has 0 saturated carbocycles. The van der Waals surface area contributed by atoms with Crippen LogP contribution in [0.4, 0.5) is 17.5 Å². The largest absolute Gasteiger partial charge is 0.492 e. The summed E-state index contributed by atoms with van der Waals surface area (Å²) in [6.07, 6.45) is 5.72. The van der Waals surface area contributed by atoms with Crippen molar-refractivity contribution in [1.29, 1.82) is 0 Å². The highest BCUT2D eigenvalue weighted by atomic mass is 32.2. The van der Waals surface area contributed by atoms with Crippen LogP contribution in [0.5, 0.6) is 5.75 Å². The number of aromatic nitrogens is 6. The predicted molar refractivity (Wildman–Crippen MR) is 157 cm³/mol. The molecule has 1 fully saturated rings. The number of hydrogen-bond acceptors (Lipinski definition) is 11. The first-order chi connectivity index (χ1) is 19.8. The molecule has 5 rings (SSSR count). The Labute approximate surface area is 243 Å². The summed E-state index contributed by atoms with van der Waals surface area (Å²) in [5.41, 5.74) is 2.29. The number of hydrogen-bond donors (Lipinski definition) is 3. The lowest BCUT2D eigenvalue weighted by molar-refractivity contribution is 0.0690. The van der Waals surface area contributed by atoms with Crippen LogP contribution < -0.4 is 15.0 Å². The number of piperidine rings is 1. The van der Waals surface area contributed by atoms with Crippen LogP contribution in [0.25, 0.3) is 10.9 Å². The van der Waals surface area contributed by atoms with Crippen LogP contribution in [0.3, 0.4) is 0 Å². The van der Waals surface area contributed by atoms with Gasteiger partial charge in [-0.3, -0.25) is 5.10 Å². The number of carboxylic acids is 1. The monoisotopic (exact) mass is 594 g/mol. The third-order valence-corrected chi connectivity index (χ3v) is 10.1. The second-order valence-corrected chi connectivity index (χ2v) is 14.1. The number of ether oxygens (including phenoxy) is 1. The van der Waals surface area contributed by atoms with E-state index in [1.807, 2.05) is 13.8 Å². The Morgan fingerprint density at radius 3 is 2.43 bits per heavy atom. The first-order valence-electron chi connectivity index (χ1n) is 13.6. The highest BCUT2D eigenvalue weighted by Crippen LogP contribution is 2.37. The summed E-state index contributed by atoms with van der Waals surface area (Å²) in [4.78, 5) is 30.2. The van der Waals surface area contributed by atoms with Gasteiger partial charge in [-0.1, -0.05) is 0 Å². The predicted octanol–water partition coefficient (Wildman–Crippen LogP) is 4.07. The Morgan fingerprint density at radius 2 is 1.83 bits per heavy atom. The fraction of sp³-hybridized carbons (Fsp3) is 0.429. The number of aromatic carboxylic acids is 1. The minimum absolute atomic E-state index is 0.0847. The molecule has 1 aliphatic rings. The van der Waals surface area contributed by atoms with Crippen LogP contribution in [-0.4, -0.2) is 74.1 Å². The smallest absolute Gasteiger partial charge is 0.356 e. The maximum atomic E-state index is 13.7. The van der Waals surface area contributed by atoms with Gasteiger partial charge in [0.05, 0.1) is 29.3 Å². The molecule has 0 amide bonds. The quantitative estimate of drug-likeness (QED) is 0.267. The van der Waals surface area contributed by atoms with Crippen molar-refractivity contribution in [3.63, 3.8) is 0 Å². The molecule has 1 aliphatic heterocycles. The number of fused-ring (bicyclic) bond motifs is 1. The summed E-state index contributed by atoms with van der Waals surface area (Å²) in [5.74, 6) is 0.986. The molecule has 0 bridgehead atoms. The lowest BCUT2D eigenvalue weighted by Gasteiger charge is -2.32. The Morgan fingerprint density at radius 1 is 1.10 bits per heavy atom. The molecule has 13 nitrogen and oxygen atoms in total. The zero-order chi connectivity index (χ0) is 30.2. The summed E-state index contributed by atoms with van der Waals surface area (Å²) >= 11 is 0. The summed E-state index contributed by atoms with van der Waals surface area (Å²) in [6, 6.07) is 3.25. The van der Waals surface area contributed by atoms with Crippen LogP contribution in [-0.2, 0) is 9.84 Å². The average molecular weight is 595 g/mol. The Hall–Kier alpha value is -4.33. The van der Waals surface area contributed by atoms with Gasteiger partial charge >= 0.3 is 5.97 Å². The molecule has 0 atom stereocenters. The molecular formula is C28H34N8O5S. The number of rotatable bonds is 8. The summed E-state index contributed by atoms with van der Waals surface area (Å²) in [6.45, 7) is 10.5. The summed E-state index contributed by atoms with van der Waals surface area (Å²) in [5, 5.41) is 20.0. The third-order valence-electron chi connectivity index (χ3n) is 7.56.